The lowest BCUT2D eigenvalue weighted by Crippen LogP contribution is -2.12. The molecule has 1 nitrogen and oxygen atoms in total. The molecule has 0 aliphatic carbocycles. The van der Waals surface area contributed by atoms with Crippen LogP contribution in [0.5, 0.6) is 0 Å². The van der Waals surface area contributed by atoms with Crippen LogP contribution in [0.15, 0.2) is 35.3 Å². The first-order chi connectivity index (χ1) is 6.88. The Bertz CT molecular complexity index is 410. The molecular weight excluding hydrogens is 273 g/mol. The van der Waals surface area contributed by atoms with E-state index in [9.17, 15) is 18.0 Å². The fraction of sp³-hybridized carbons (Fsp3) is 0.100. The number of carbonyl (C=O) groups excluding carboxylic acids is 1. The van der Waals surface area contributed by atoms with Gasteiger partial charge in [0, 0.05) is 10.0 Å². The Morgan fingerprint density at radius 2 is 2.00 bits per heavy atom. The van der Waals surface area contributed by atoms with Crippen LogP contribution in [0.4, 0.5) is 13.2 Å². The first kappa shape index (κ1) is 12.0. The average molecular weight is 279 g/mol. The molecule has 1 aromatic carbocycles. The molecule has 0 atom stereocenters. The minimum Gasteiger partial charge on any atom is -0.289 e. The summed E-state index contributed by atoms with van der Waals surface area (Å²) in [6.45, 7) is 3.16. The van der Waals surface area contributed by atoms with Gasteiger partial charge in [0.05, 0.1) is 5.56 Å². The number of halogens is 4. The van der Waals surface area contributed by atoms with Crippen molar-refractivity contribution in [2.75, 3.05) is 0 Å². The summed E-state index contributed by atoms with van der Waals surface area (Å²) in [5.41, 5.74) is -1.36. The Morgan fingerprint density at radius 1 is 1.40 bits per heavy atom. The average Bonchev–Trinajstić information content (AvgIpc) is 2.15. The number of benzene rings is 1. The Morgan fingerprint density at radius 3 is 2.47 bits per heavy atom. The second-order valence-corrected chi connectivity index (χ2v) is 3.58. The topological polar surface area (TPSA) is 17.1 Å². The molecule has 15 heavy (non-hydrogen) atoms. The maximum atomic E-state index is 12.5. The van der Waals surface area contributed by atoms with Crippen molar-refractivity contribution >= 4 is 21.7 Å². The van der Waals surface area contributed by atoms with Gasteiger partial charge in [-0.15, -0.1) is 0 Å². The second kappa shape index (κ2) is 4.18. The van der Waals surface area contributed by atoms with Crippen molar-refractivity contribution < 1.29 is 18.0 Å². The second-order valence-electron chi connectivity index (χ2n) is 2.73. The monoisotopic (exact) mass is 278 g/mol. The standard InChI is InChI=1S/C10H6BrF3O/c1-2-8(15)9-6(10(12,13)14)4-3-5-7(9)11/h2-5H,1H2. The lowest BCUT2D eigenvalue weighted by atomic mass is 10.0. The number of ketones is 1. The lowest BCUT2D eigenvalue weighted by molar-refractivity contribution is -0.137. The van der Waals surface area contributed by atoms with E-state index in [4.69, 9.17) is 0 Å². The number of allylic oxidation sites excluding steroid dienone is 1. The van der Waals surface area contributed by atoms with E-state index in [0.717, 1.165) is 12.1 Å². The number of carbonyl (C=O) groups is 1. The van der Waals surface area contributed by atoms with Gasteiger partial charge in [-0.3, -0.25) is 4.79 Å². The molecule has 0 saturated heterocycles. The van der Waals surface area contributed by atoms with Crippen molar-refractivity contribution in [2.24, 2.45) is 0 Å². The van der Waals surface area contributed by atoms with E-state index < -0.39 is 23.1 Å². The molecule has 0 radical (unpaired) electrons. The normalized spacial score (nSPS) is 11.2. The quantitative estimate of drug-likeness (QED) is 0.594. The third-order valence-electron chi connectivity index (χ3n) is 1.75. The van der Waals surface area contributed by atoms with Gasteiger partial charge in [-0.1, -0.05) is 28.6 Å². The summed E-state index contributed by atoms with van der Waals surface area (Å²) in [7, 11) is 0. The molecule has 0 aromatic heterocycles. The predicted octanol–water partition coefficient (Wildman–Crippen LogP) is 3.84. The van der Waals surface area contributed by atoms with Crippen molar-refractivity contribution in [3.8, 4) is 0 Å². The zero-order chi connectivity index (χ0) is 11.6. The Labute approximate surface area is 92.7 Å². The molecule has 1 rings (SSSR count). The fourth-order valence-corrected chi connectivity index (χ4v) is 1.67. The van der Waals surface area contributed by atoms with Gasteiger partial charge in [-0.05, 0) is 18.2 Å². The van der Waals surface area contributed by atoms with Crippen LogP contribution >= 0.6 is 15.9 Å². The van der Waals surface area contributed by atoms with Crippen LogP contribution in [0.1, 0.15) is 15.9 Å². The number of hydrogen-bond acceptors (Lipinski definition) is 1. The number of hydrogen-bond donors (Lipinski definition) is 0. The van der Waals surface area contributed by atoms with Crippen LogP contribution in [0.2, 0.25) is 0 Å². The highest BCUT2D eigenvalue weighted by molar-refractivity contribution is 9.10. The summed E-state index contributed by atoms with van der Waals surface area (Å²) in [5.74, 6) is -0.755. The molecule has 0 heterocycles. The summed E-state index contributed by atoms with van der Waals surface area (Å²) in [6, 6.07) is 3.47. The van der Waals surface area contributed by atoms with Gasteiger partial charge in [-0.2, -0.15) is 13.2 Å². The van der Waals surface area contributed by atoms with Crippen LogP contribution in [0.3, 0.4) is 0 Å². The first-order valence-electron chi connectivity index (χ1n) is 3.90. The van der Waals surface area contributed by atoms with Crippen LogP contribution in [0, 0.1) is 0 Å². The minimum absolute atomic E-state index is 0.113. The van der Waals surface area contributed by atoms with Gasteiger partial charge >= 0.3 is 6.18 Å². The summed E-state index contributed by atoms with van der Waals surface area (Å²) >= 11 is 2.91. The smallest absolute Gasteiger partial charge is 0.289 e. The molecule has 5 heteroatoms. The van der Waals surface area contributed by atoms with E-state index in [1.165, 1.54) is 12.1 Å². The highest BCUT2D eigenvalue weighted by Gasteiger charge is 2.35. The molecule has 0 unspecified atom stereocenters. The van der Waals surface area contributed by atoms with Crippen LogP contribution in [-0.2, 0) is 6.18 Å². The van der Waals surface area contributed by atoms with Gasteiger partial charge in [0.25, 0.3) is 0 Å². The van der Waals surface area contributed by atoms with E-state index in [1.807, 2.05) is 0 Å². The van der Waals surface area contributed by atoms with Gasteiger partial charge in [-0.25, -0.2) is 0 Å². The Balaban J connectivity index is 3.46. The molecule has 0 aliphatic rings. The minimum atomic E-state index is -4.54. The molecule has 0 bridgehead atoms. The van der Waals surface area contributed by atoms with E-state index in [2.05, 4.69) is 22.5 Å². The molecular formula is C10H6BrF3O. The molecule has 0 saturated carbocycles. The molecule has 0 N–H and O–H groups in total. The third kappa shape index (κ3) is 2.47. The van der Waals surface area contributed by atoms with Crippen LogP contribution in [-0.4, -0.2) is 5.78 Å². The van der Waals surface area contributed by atoms with Crippen molar-refractivity contribution in [3.63, 3.8) is 0 Å². The van der Waals surface area contributed by atoms with Crippen molar-refractivity contribution in [3.05, 3.63) is 46.5 Å². The van der Waals surface area contributed by atoms with E-state index >= 15 is 0 Å². The molecule has 0 aliphatic heterocycles. The molecule has 80 valence electrons. The van der Waals surface area contributed by atoms with E-state index in [0.29, 0.717) is 0 Å². The molecule has 0 fully saturated rings. The Hall–Kier alpha value is -1.10. The van der Waals surface area contributed by atoms with Gasteiger partial charge in [0.2, 0.25) is 0 Å². The zero-order valence-corrected chi connectivity index (χ0v) is 9.02. The van der Waals surface area contributed by atoms with Gasteiger partial charge in [0.15, 0.2) is 5.78 Å². The first-order valence-corrected chi connectivity index (χ1v) is 4.69. The lowest BCUT2D eigenvalue weighted by Gasteiger charge is -2.11. The molecule has 0 spiro atoms. The summed E-state index contributed by atoms with van der Waals surface area (Å²) in [4.78, 5) is 11.3. The molecule has 1 aromatic rings. The maximum Gasteiger partial charge on any atom is 0.417 e. The van der Waals surface area contributed by atoms with Crippen LogP contribution < -0.4 is 0 Å². The highest BCUT2D eigenvalue weighted by Crippen LogP contribution is 2.35. The fourth-order valence-electron chi connectivity index (χ4n) is 1.11. The Kier molecular flexibility index (Phi) is 3.34. The van der Waals surface area contributed by atoms with Gasteiger partial charge < -0.3 is 0 Å². The number of rotatable bonds is 2. The van der Waals surface area contributed by atoms with E-state index in [1.54, 1.807) is 0 Å². The maximum absolute atomic E-state index is 12.5. The highest BCUT2D eigenvalue weighted by atomic mass is 79.9. The van der Waals surface area contributed by atoms with Crippen LogP contribution in [0.25, 0.3) is 0 Å². The summed E-state index contributed by atoms with van der Waals surface area (Å²) in [6.07, 6.45) is -3.69. The summed E-state index contributed by atoms with van der Waals surface area (Å²) < 4.78 is 37.7. The number of alkyl halides is 3. The van der Waals surface area contributed by atoms with E-state index in [-0.39, 0.29) is 4.47 Å². The third-order valence-corrected chi connectivity index (χ3v) is 2.41. The summed E-state index contributed by atoms with van der Waals surface area (Å²) in [5, 5.41) is 0. The largest absolute Gasteiger partial charge is 0.417 e. The zero-order valence-electron chi connectivity index (χ0n) is 7.44. The van der Waals surface area contributed by atoms with Crippen molar-refractivity contribution in [1.82, 2.24) is 0 Å². The van der Waals surface area contributed by atoms with Crippen molar-refractivity contribution in [2.45, 2.75) is 6.18 Å². The predicted molar refractivity (Wildman–Crippen MR) is 53.7 cm³/mol. The molecule has 0 amide bonds. The van der Waals surface area contributed by atoms with Gasteiger partial charge in [0.1, 0.15) is 0 Å². The van der Waals surface area contributed by atoms with Crippen molar-refractivity contribution in [1.29, 1.82) is 0 Å². The SMILES string of the molecule is C=CC(=O)c1c(Br)cccc1C(F)(F)F.